The number of hydrogen-bond acceptors (Lipinski definition) is 7. The number of H-pyrrole nitrogens is 1. The van der Waals surface area contributed by atoms with Crippen LogP contribution in [0.15, 0.2) is 47.6 Å². The van der Waals surface area contributed by atoms with Crippen molar-refractivity contribution in [3.05, 3.63) is 62.9 Å². The molecule has 0 fully saturated rings. The van der Waals surface area contributed by atoms with Crippen LogP contribution in [0.4, 0.5) is 5.69 Å². The largest absolute Gasteiger partial charge is 0.497 e. The number of nitro groups is 1. The van der Waals surface area contributed by atoms with Crippen LogP contribution in [0.1, 0.15) is 5.56 Å². The van der Waals surface area contributed by atoms with Crippen molar-refractivity contribution in [3.63, 3.8) is 0 Å². The lowest BCUT2D eigenvalue weighted by atomic mass is 10.2. The van der Waals surface area contributed by atoms with Crippen LogP contribution in [-0.2, 0) is 0 Å². The van der Waals surface area contributed by atoms with E-state index >= 15 is 0 Å². The maximum atomic E-state index is 10.7. The van der Waals surface area contributed by atoms with E-state index in [1.54, 1.807) is 44.6 Å². The van der Waals surface area contributed by atoms with Crippen molar-refractivity contribution in [1.82, 2.24) is 14.9 Å². The van der Waals surface area contributed by atoms with Crippen LogP contribution >= 0.6 is 12.2 Å². The molecule has 1 aromatic heterocycles. The summed E-state index contributed by atoms with van der Waals surface area (Å²) in [4.78, 5) is 10.3. The average molecular weight is 385 g/mol. The van der Waals surface area contributed by atoms with Gasteiger partial charge in [0.15, 0.2) is 5.82 Å². The van der Waals surface area contributed by atoms with Gasteiger partial charge in [-0.1, -0.05) is 0 Å². The van der Waals surface area contributed by atoms with E-state index in [1.807, 2.05) is 0 Å². The van der Waals surface area contributed by atoms with Crippen LogP contribution in [0.2, 0.25) is 0 Å². The molecule has 0 radical (unpaired) electrons. The molecule has 0 aliphatic rings. The molecule has 0 aliphatic heterocycles. The number of nitrogens with zero attached hydrogens (tertiary/aromatic N) is 4. The zero-order valence-electron chi connectivity index (χ0n) is 14.4. The number of rotatable bonds is 6. The van der Waals surface area contributed by atoms with Crippen LogP contribution < -0.4 is 9.47 Å². The number of nitro benzene ring substituents is 1. The van der Waals surface area contributed by atoms with Crippen molar-refractivity contribution in [2.24, 2.45) is 5.10 Å². The lowest BCUT2D eigenvalue weighted by Crippen LogP contribution is -1.98. The van der Waals surface area contributed by atoms with Crippen molar-refractivity contribution in [2.45, 2.75) is 0 Å². The van der Waals surface area contributed by atoms with E-state index in [0.717, 1.165) is 0 Å². The highest BCUT2D eigenvalue weighted by atomic mass is 32.1. The Hall–Kier alpha value is -3.53. The first kappa shape index (κ1) is 18.3. The Morgan fingerprint density at radius 3 is 2.59 bits per heavy atom. The molecule has 0 atom stereocenters. The smallest absolute Gasteiger partial charge is 0.269 e. The summed E-state index contributed by atoms with van der Waals surface area (Å²) < 4.78 is 12.3. The molecule has 9 nitrogen and oxygen atoms in total. The number of benzene rings is 2. The molecule has 0 aliphatic carbocycles. The molecule has 0 spiro atoms. The van der Waals surface area contributed by atoms with E-state index in [1.165, 1.54) is 23.0 Å². The Kier molecular flexibility index (Phi) is 5.27. The molecule has 1 heterocycles. The quantitative estimate of drug-likeness (QED) is 0.301. The average Bonchev–Trinajstić information content (AvgIpc) is 3.06. The highest BCUT2D eigenvalue weighted by Crippen LogP contribution is 2.32. The fourth-order valence-corrected chi connectivity index (χ4v) is 2.54. The van der Waals surface area contributed by atoms with Crippen molar-refractivity contribution in [1.29, 1.82) is 0 Å². The number of nitrogens with one attached hydrogen (secondary N) is 1. The molecular weight excluding hydrogens is 370 g/mol. The molecule has 3 rings (SSSR count). The third-order valence-electron chi connectivity index (χ3n) is 3.73. The zero-order chi connectivity index (χ0) is 19.4. The molecular formula is C17H15N5O4S. The van der Waals surface area contributed by atoms with Gasteiger partial charge in [0.2, 0.25) is 4.77 Å². The summed E-state index contributed by atoms with van der Waals surface area (Å²) in [5.74, 6) is 1.65. The molecule has 3 aromatic rings. The van der Waals surface area contributed by atoms with Gasteiger partial charge in [-0.05, 0) is 42.0 Å². The first-order valence-corrected chi connectivity index (χ1v) is 8.13. The van der Waals surface area contributed by atoms with Crippen molar-refractivity contribution in [2.75, 3.05) is 14.2 Å². The summed E-state index contributed by atoms with van der Waals surface area (Å²) >= 11 is 5.25. The van der Waals surface area contributed by atoms with E-state index in [-0.39, 0.29) is 5.69 Å². The molecule has 138 valence electrons. The number of aromatic nitrogens is 3. The minimum absolute atomic E-state index is 0.00994. The van der Waals surface area contributed by atoms with Crippen LogP contribution in [0, 0.1) is 14.9 Å². The maximum Gasteiger partial charge on any atom is 0.269 e. The van der Waals surface area contributed by atoms with E-state index < -0.39 is 4.92 Å². The molecule has 0 bridgehead atoms. The van der Waals surface area contributed by atoms with Gasteiger partial charge in [0.25, 0.3) is 5.69 Å². The van der Waals surface area contributed by atoms with Crippen molar-refractivity contribution >= 4 is 24.1 Å². The van der Waals surface area contributed by atoms with Crippen LogP contribution in [-0.4, -0.2) is 40.2 Å². The monoisotopic (exact) mass is 385 g/mol. The molecule has 0 saturated heterocycles. The number of ether oxygens (including phenoxy) is 2. The van der Waals surface area contributed by atoms with Crippen LogP contribution in [0.25, 0.3) is 11.4 Å². The molecule has 10 heteroatoms. The first-order chi connectivity index (χ1) is 13.0. The molecule has 0 unspecified atom stereocenters. The van der Waals surface area contributed by atoms with E-state index in [9.17, 15) is 10.1 Å². The fraction of sp³-hybridized carbons (Fsp3) is 0.118. The highest BCUT2D eigenvalue weighted by molar-refractivity contribution is 7.71. The van der Waals surface area contributed by atoms with E-state index in [4.69, 9.17) is 21.7 Å². The zero-order valence-corrected chi connectivity index (χ0v) is 15.3. The number of non-ortho nitro benzene ring substituents is 1. The summed E-state index contributed by atoms with van der Waals surface area (Å²) in [5.41, 5.74) is 1.36. The lowest BCUT2D eigenvalue weighted by Gasteiger charge is -2.09. The van der Waals surface area contributed by atoms with Crippen LogP contribution in [0.3, 0.4) is 0 Å². The minimum Gasteiger partial charge on any atom is -0.497 e. The molecule has 27 heavy (non-hydrogen) atoms. The third kappa shape index (κ3) is 3.85. The number of methoxy groups -OCH3 is 2. The SMILES string of the molecule is COc1ccc(-c2n[nH]c(=S)n2/N=C\c2ccc([N+](=O)[O-])cc2)c(OC)c1. The normalized spacial score (nSPS) is 10.9. The second-order valence-corrected chi connectivity index (χ2v) is 5.71. The molecule has 2 aromatic carbocycles. The Labute approximate surface area is 159 Å². The third-order valence-corrected chi connectivity index (χ3v) is 3.99. The van der Waals surface area contributed by atoms with Crippen molar-refractivity contribution < 1.29 is 14.4 Å². The van der Waals surface area contributed by atoms with E-state index in [2.05, 4.69) is 15.3 Å². The summed E-state index contributed by atoms with van der Waals surface area (Å²) in [6.07, 6.45) is 1.54. The predicted molar refractivity (Wildman–Crippen MR) is 102 cm³/mol. The first-order valence-electron chi connectivity index (χ1n) is 7.72. The van der Waals surface area contributed by atoms with Gasteiger partial charge in [0.05, 0.1) is 30.9 Å². The van der Waals surface area contributed by atoms with Gasteiger partial charge in [-0.25, -0.2) is 5.10 Å². The van der Waals surface area contributed by atoms with E-state index in [0.29, 0.717) is 33.2 Å². The standard InChI is InChI=1S/C17H15N5O4S/c1-25-13-7-8-14(15(9-13)26-2)16-19-20-17(27)21(16)18-10-11-3-5-12(6-4-11)22(23)24/h3-10H,1-2H3,(H,20,27)/b18-10-. The molecule has 0 saturated carbocycles. The Bertz CT molecular complexity index is 1060. The topological polar surface area (TPSA) is 108 Å². The van der Waals surface area contributed by atoms with Gasteiger partial charge < -0.3 is 9.47 Å². The minimum atomic E-state index is -0.457. The fourth-order valence-electron chi connectivity index (χ4n) is 2.36. The van der Waals surface area contributed by atoms with Gasteiger partial charge in [0, 0.05) is 18.2 Å². The van der Waals surface area contributed by atoms with Gasteiger partial charge in [-0.3, -0.25) is 10.1 Å². The molecule has 0 amide bonds. The highest BCUT2D eigenvalue weighted by Gasteiger charge is 2.14. The second kappa shape index (κ2) is 7.79. The van der Waals surface area contributed by atoms with Gasteiger partial charge in [-0.2, -0.15) is 14.9 Å². The number of hydrogen-bond donors (Lipinski definition) is 1. The van der Waals surface area contributed by atoms with Gasteiger partial charge >= 0.3 is 0 Å². The summed E-state index contributed by atoms with van der Waals surface area (Å²) in [6, 6.07) is 11.3. The molecule has 1 N–H and O–H groups in total. The Morgan fingerprint density at radius 1 is 1.22 bits per heavy atom. The van der Waals surface area contributed by atoms with Crippen molar-refractivity contribution in [3.8, 4) is 22.9 Å². The summed E-state index contributed by atoms with van der Waals surface area (Å²) in [7, 11) is 3.11. The van der Waals surface area contributed by atoms with Gasteiger partial charge in [-0.15, -0.1) is 0 Å². The summed E-state index contributed by atoms with van der Waals surface area (Å²) in [6.45, 7) is 0. The lowest BCUT2D eigenvalue weighted by molar-refractivity contribution is -0.384. The van der Waals surface area contributed by atoms with Gasteiger partial charge in [0.1, 0.15) is 11.5 Å². The second-order valence-electron chi connectivity index (χ2n) is 5.32. The van der Waals surface area contributed by atoms with Crippen LogP contribution in [0.5, 0.6) is 11.5 Å². The Balaban J connectivity index is 1.98. The Morgan fingerprint density at radius 2 is 1.96 bits per heavy atom. The predicted octanol–water partition coefficient (Wildman–Crippen LogP) is 3.42. The number of aromatic amines is 1. The summed E-state index contributed by atoms with van der Waals surface area (Å²) in [5, 5.41) is 22.0. The maximum absolute atomic E-state index is 10.7.